The van der Waals surface area contributed by atoms with Crippen LogP contribution in [0.1, 0.15) is 36.5 Å². The highest BCUT2D eigenvalue weighted by Gasteiger charge is 2.20. The second-order valence-electron chi connectivity index (χ2n) is 4.52. The van der Waals surface area contributed by atoms with Crippen LogP contribution in [0.25, 0.3) is 0 Å². The van der Waals surface area contributed by atoms with Gasteiger partial charge < -0.3 is 11.1 Å². The molecule has 1 saturated carbocycles. The molecule has 1 aromatic carbocycles. The van der Waals surface area contributed by atoms with Gasteiger partial charge in [-0.3, -0.25) is 4.79 Å². The number of nitrogen functional groups attached to an aromatic ring is 1. The van der Waals surface area contributed by atoms with Crippen molar-refractivity contribution >= 4 is 17.2 Å². The molecule has 0 unspecified atom stereocenters. The van der Waals surface area contributed by atoms with Crippen molar-refractivity contribution in [2.24, 2.45) is 5.92 Å². The van der Waals surface area contributed by atoms with Gasteiger partial charge in [-0.2, -0.15) is 0 Å². The zero-order valence-corrected chi connectivity index (χ0v) is 9.62. The molecule has 0 heterocycles. The number of Topliss-reactive ketones (excluding diaryl/α,β-unsaturated/α-hetero) is 1. The van der Waals surface area contributed by atoms with Gasteiger partial charge >= 0.3 is 0 Å². The molecule has 1 fully saturated rings. The van der Waals surface area contributed by atoms with Crippen molar-refractivity contribution in [2.45, 2.75) is 26.2 Å². The van der Waals surface area contributed by atoms with E-state index in [0.717, 1.165) is 18.2 Å². The summed E-state index contributed by atoms with van der Waals surface area (Å²) in [6.07, 6.45) is 3.98. The van der Waals surface area contributed by atoms with E-state index in [1.54, 1.807) is 13.0 Å². The van der Waals surface area contributed by atoms with Crippen molar-refractivity contribution in [3.05, 3.63) is 23.8 Å². The first kappa shape index (κ1) is 11.0. The Balaban J connectivity index is 1.97. The van der Waals surface area contributed by atoms with Crippen molar-refractivity contribution in [1.82, 2.24) is 0 Å². The van der Waals surface area contributed by atoms with Crippen LogP contribution in [0.15, 0.2) is 18.2 Å². The van der Waals surface area contributed by atoms with Gasteiger partial charge in [0.1, 0.15) is 0 Å². The van der Waals surface area contributed by atoms with E-state index in [4.69, 9.17) is 5.73 Å². The number of nitrogens with two attached hydrogens (primary N) is 1. The maximum absolute atomic E-state index is 11.3. The molecule has 0 spiro atoms. The molecule has 0 saturated heterocycles. The summed E-state index contributed by atoms with van der Waals surface area (Å²) in [6, 6.07) is 5.55. The molecule has 3 heteroatoms. The molecule has 0 aromatic heterocycles. The number of anilines is 2. The number of nitrogens with one attached hydrogen (secondary N) is 1. The molecular weight excluding hydrogens is 200 g/mol. The Morgan fingerprint density at radius 1 is 1.50 bits per heavy atom. The van der Waals surface area contributed by atoms with E-state index in [9.17, 15) is 4.79 Å². The standard InChI is InChI=1S/C13H18N2O/c1-9(16)12-8-11(4-5-13(12)14)15-7-6-10-2-3-10/h4-5,8,10,15H,2-3,6-7,14H2,1H3. The van der Waals surface area contributed by atoms with E-state index in [-0.39, 0.29) is 5.78 Å². The fourth-order valence-corrected chi connectivity index (χ4v) is 1.80. The highest BCUT2D eigenvalue weighted by Crippen LogP contribution is 2.32. The summed E-state index contributed by atoms with van der Waals surface area (Å²) in [5, 5.41) is 3.33. The lowest BCUT2D eigenvalue weighted by atomic mass is 10.1. The summed E-state index contributed by atoms with van der Waals surface area (Å²) in [6.45, 7) is 2.52. The average Bonchev–Trinajstić information content (AvgIpc) is 3.04. The molecule has 3 nitrogen and oxygen atoms in total. The van der Waals surface area contributed by atoms with Gasteiger partial charge in [0.25, 0.3) is 0 Å². The predicted octanol–water partition coefficient (Wildman–Crippen LogP) is 2.68. The highest BCUT2D eigenvalue weighted by atomic mass is 16.1. The second kappa shape index (κ2) is 4.56. The summed E-state index contributed by atoms with van der Waals surface area (Å²) < 4.78 is 0. The maximum Gasteiger partial charge on any atom is 0.161 e. The van der Waals surface area contributed by atoms with Crippen molar-refractivity contribution in [3.63, 3.8) is 0 Å². The van der Waals surface area contributed by atoms with Crippen molar-refractivity contribution in [2.75, 3.05) is 17.6 Å². The molecular formula is C13H18N2O. The van der Waals surface area contributed by atoms with Crippen molar-refractivity contribution < 1.29 is 4.79 Å². The fourth-order valence-electron chi connectivity index (χ4n) is 1.80. The van der Waals surface area contributed by atoms with Gasteiger partial charge in [-0.25, -0.2) is 0 Å². The lowest BCUT2D eigenvalue weighted by Gasteiger charge is -2.08. The third kappa shape index (κ3) is 2.75. The first-order valence-corrected chi connectivity index (χ1v) is 5.81. The number of hydrogen-bond acceptors (Lipinski definition) is 3. The van der Waals surface area contributed by atoms with Crippen LogP contribution in [0.2, 0.25) is 0 Å². The SMILES string of the molecule is CC(=O)c1cc(NCCC2CC2)ccc1N. The number of ketones is 1. The van der Waals surface area contributed by atoms with Crippen LogP contribution < -0.4 is 11.1 Å². The molecule has 2 rings (SSSR count). The van der Waals surface area contributed by atoms with Crippen molar-refractivity contribution in [3.8, 4) is 0 Å². The zero-order valence-electron chi connectivity index (χ0n) is 9.62. The van der Waals surface area contributed by atoms with Crippen LogP contribution in [0.4, 0.5) is 11.4 Å². The van der Waals surface area contributed by atoms with Gasteiger partial charge in [-0.05, 0) is 37.5 Å². The first-order valence-electron chi connectivity index (χ1n) is 5.81. The Hall–Kier alpha value is -1.51. The Bertz CT molecular complexity index is 397. The number of carbonyl (C=O) groups is 1. The fraction of sp³-hybridized carbons (Fsp3) is 0.462. The zero-order chi connectivity index (χ0) is 11.5. The van der Waals surface area contributed by atoms with Gasteiger partial charge in [0.05, 0.1) is 0 Å². The predicted molar refractivity (Wildman–Crippen MR) is 66.7 cm³/mol. The van der Waals surface area contributed by atoms with Gasteiger partial charge in [-0.1, -0.05) is 12.8 Å². The van der Waals surface area contributed by atoms with E-state index in [1.807, 2.05) is 12.1 Å². The minimum atomic E-state index is 0.0170. The third-order valence-electron chi connectivity index (χ3n) is 3.01. The Kier molecular flexibility index (Phi) is 3.13. The minimum absolute atomic E-state index is 0.0170. The average molecular weight is 218 g/mol. The maximum atomic E-state index is 11.3. The summed E-state index contributed by atoms with van der Waals surface area (Å²) in [5.74, 6) is 0.942. The van der Waals surface area contributed by atoms with Crippen LogP contribution in [0.5, 0.6) is 0 Å². The minimum Gasteiger partial charge on any atom is -0.398 e. The Morgan fingerprint density at radius 2 is 2.25 bits per heavy atom. The third-order valence-corrected chi connectivity index (χ3v) is 3.01. The first-order chi connectivity index (χ1) is 7.66. The van der Waals surface area contributed by atoms with Crippen LogP contribution >= 0.6 is 0 Å². The largest absolute Gasteiger partial charge is 0.398 e. The molecule has 16 heavy (non-hydrogen) atoms. The molecule has 1 aliphatic rings. The lowest BCUT2D eigenvalue weighted by molar-refractivity contribution is 0.101. The topological polar surface area (TPSA) is 55.1 Å². The van der Waals surface area contributed by atoms with E-state index in [1.165, 1.54) is 19.3 Å². The van der Waals surface area contributed by atoms with E-state index in [2.05, 4.69) is 5.32 Å². The number of benzene rings is 1. The molecule has 3 N–H and O–H groups in total. The Labute approximate surface area is 96.0 Å². The van der Waals surface area contributed by atoms with Crippen LogP contribution in [0, 0.1) is 5.92 Å². The summed E-state index contributed by atoms with van der Waals surface area (Å²) in [5.41, 5.74) is 7.88. The molecule has 0 atom stereocenters. The van der Waals surface area contributed by atoms with Gasteiger partial charge in [0.2, 0.25) is 0 Å². The van der Waals surface area contributed by atoms with Crippen LogP contribution in [0.3, 0.4) is 0 Å². The van der Waals surface area contributed by atoms with E-state index in [0.29, 0.717) is 11.3 Å². The molecule has 86 valence electrons. The van der Waals surface area contributed by atoms with Gasteiger partial charge in [-0.15, -0.1) is 0 Å². The lowest BCUT2D eigenvalue weighted by Crippen LogP contribution is -2.05. The molecule has 1 aromatic rings. The number of rotatable bonds is 5. The molecule has 1 aliphatic carbocycles. The molecule has 0 amide bonds. The molecule has 0 radical (unpaired) electrons. The summed E-state index contributed by atoms with van der Waals surface area (Å²) in [4.78, 5) is 11.3. The van der Waals surface area contributed by atoms with E-state index >= 15 is 0 Å². The molecule has 0 bridgehead atoms. The summed E-state index contributed by atoms with van der Waals surface area (Å²) in [7, 11) is 0. The number of carbonyl (C=O) groups excluding carboxylic acids is 1. The molecule has 0 aliphatic heterocycles. The quantitative estimate of drug-likeness (QED) is 0.590. The second-order valence-corrected chi connectivity index (χ2v) is 4.52. The van der Waals surface area contributed by atoms with Gasteiger partial charge in [0, 0.05) is 23.5 Å². The van der Waals surface area contributed by atoms with Crippen LogP contribution in [-0.4, -0.2) is 12.3 Å². The normalized spacial score (nSPS) is 14.8. The van der Waals surface area contributed by atoms with Gasteiger partial charge in [0.15, 0.2) is 5.78 Å². The van der Waals surface area contributed by atoms with Crippen LogP contribution in [-0.2, 0) is 0 Å². The summed E-state index contributed by atoms with van der Waals surface area (Å²) >= 11 is 0. The Morgan fingerprint density at radius 3 is 2.88 bits per heavy atom. The van der Waals surface area contributed by atoms with E-state index < -0.39 is 0 Å². The monoisotopic (exact) mass is 218 g/mol. The number of hydrogen-bond donors (Lipinski definition) is 2. The van der Waals surface area contributed by atoms with Crippen molar-refractivity contribution in [1.29, 1.82) is 0 Å². The smallest absolute Gasteiger partial charge is 0.161 e. The highest BCUT2D eigenvalue weighted by molar-refractivity contribution is 5.99.